The van der Waals surface area contributed by atoms with Crippen LogP contribution < -0.4 is 5.73 Å². The Hall–Kier alpha value is -1.68. The molecule has 0 spiro atoms. The van der Waals surface area contributed by atoms with E-state index in [4.69, 9.17) is 10.7 Å². The smallest absolute Gasteiger partial charge is 0.141 e. The van der Waals surface area contributed by atoms with Crippen molar-refractivity contribution in [1.82, 2.24) is 14.5 Å². The maximum absolute atomic E-state index is 5.77. The molecule has 0 bridgehead atoms. The van der Waals surface area contributed by atoms with Gasteiger partial charge in [0, 0.05) is 30.7 Å². The molecular weight excluding hydrogens is 224 g/mol. The average molecular weight is 242 g/mol. The van der Waals surface area contributed by atoms with Crippen molar-refractivity contribution in [2.45, 2.75) is 19.3 Å². The Bertz CT molecular complexity index is 544. The number of pyridine rings is 1. The molecule has 2 heterocycles. The SMILES string of the molecule is Cn1c(-c2cccnc2)nc2c1CCC(CN)C2. The Morgan fingerprint density at radius 3 is 3.11 bits per heavy atom. The molecule has 4 heteroatoms. The van der Waals surface area contributed by atoms with E-state index >= 15 is 0 Å². The van der Waals surface area contributed by atoms with Crippen molar-refractivity contribution < 1.29 is 0 Å². The highest BCUT2D eigenvalue weighted by Crippen LogP contribution is 2.28. The molecule has 1 unspecified atom stereocenters. The summed E-state index contributed by atoms with van der Waals surface area (Å²) in [6, 6.07) is 4.01. The van der Waals surface area contributed by atoms with E-state index in [0.717, 1.165) is 30.8 Å². The Morgan fingerprint density at radius 1 is 1.50 bits per heavy atom. The Balaban J connectivity index is 2.02. The van der Waals surface area contributed by atoms with Crippen LogP contribution in [-0.2, 0) is 19.9 Å². The van der Waals surface area contributed by atoms with Gasteiger partial charge in [-0.15, -0.1) is 0 Å². The van der Waals surface area contributed by atoms with Crippen LogP contribution in [0.4, 0.5) is 0 Å². The van der Waals surface area contributed by atoms with Gasteiger partial charge in [0.1, 0.15) is 5.82 Å². The van der Waals surface area contributed by atoms with Crippen LogP contribution in [0.2, 0.25) is 0 Å². The number of nitrogens with zero attached hydrogens (tertiary/aromatic N) is 3. The number of hydrogen-bond acceptors (Lipinski definition) is 3. The van der Waals surface area contributed by atoms with E-state index in [1.807, 2.05) is 12.3 Å². The van der Waals surface area contributed by atoms with Crippen molar-refractivity contribution in [3.05, 3.63) is 35.9 Å². The first-order chi connectivity index (χ1) is 8.79. The van der Waals surface area contributed by atoms with Gasteiger partial charge in [0.25, 0.3) is 0 Å². The summed E-state index contributed by atoms with van der Waals surface area (Å²) in [5.41, 5.74) is 9.43. The van der Waals surface area contributed by atoms with Crippen LogP contribution in [0.3, 0.4) is 0 Å². The standard InChI is InChI=1S/C14H18N4/c1-18-13-5-4-10(8-15)7-12(13)17-14(18)11-3-2-6-16-9-11/h2-3,6,9-10H,4-5,7-8,15H2,1H3. The first kappa shape index (κ1) is 11.4. The van der Waals surface area contributed by atoms with E-state index < -0.39 is 0 Å². The summed E-state index contributed by atoms with van der Waals surface area (Å²) in [6.07, 6.45) is 6.93. The van der Waals surface area contributed by atoms with Crippen molar-refractivity contribution in [3.63, 3.8) is 0 Å². The lowest BCUT2D eigenvalue weighted by Crippen LogP contribution is -2.22. The summed E-state index contributed by atoms with van der Waals surface area (Å²) in [5, 5.41) is 0. The molecular formula is C14H18N4. The van der Waals surface area contributed by atoms with Gasteiger partial charge in [0.05, 0.1) is 5.69 Å². The monoisotopic (exact) mass is 242 g/mol. The first-order valence-electron chi connectivity index (χ1n) is 6.44. The van der Waals surface area contributed by atoms with E-state index in [2.05, 4.69) is 22.7 Å². The highest BCUT2D eigenvalue weighted by atomic mass is 15.1. The number of rotatable bonds is 2. The molecule has 0 fully saturated rings. The zero-order valence-corrected chi connectivity index (χ0v) is 10.6. The fraction of sp³-hybridized carbons (Fsp3) is 0.429. The minimum Gasteiger partial charge on any atom is -0.331 e. The van der Waals surface area contributed by atoms with Gasteiger partial charge in [-0.05, 0) is 43.9 Å². The van der Waals surface area contributed by atoms with Crippen LogP contribution in [0, 0.1) is 5.92 Å². The lowest BCUT2D eigenvalue weighted by atomic mass is 9.90. The number of aromatic nitrogens is 3. The second kappa shape index (κ2) is 4.53. The molecule has 0 amide bonds. The van der Waals surface area contributed by atoms with E-state index in [-0.39, 0.29) is 0 Å². The maximum atomic E-state index is 5.77. The van der Waals surface area contributed by atoms with Crippen LogP contribution >= 0.6 is 0 Å². The fourth-order valence-corrected chi connectivity index (χ4v) is 2.73. The molecule has 0 aliphatic heterocycles. The van der Waals surface area contributed by atoms with Crippen LogP contribution in [-0.4, -0.2) is 21.1 Å². The van der Waals surface area contributed by atoms with Gasteiger partial charge in [0.15, 0.2) is 0 Å². The molecule has 2 aromatic rings. The summed E-state index contributed by atoms with van der Waals surface area (Å²) in [7, 11) is 2.09. The zero-order chi connectivity index (χ0) is 12.5. The molecule has 3 rings (SSSR count). The van der Waals surface area contributed by atoms with Crippen LogP contribution in [0.25, 0.3) is 11.4 Å². The quantitative estimate of drug-likeness (QED) is 0.869. The molecule has 0 saturated heterocycles. The topological polar surface area (TPSA) is 56.7 Å². The minimum absolute atomic E-state index is 0.592. The molecule has 18 heavy (non-hydrogen) atoms. The van der Waals surface area contributed by atoms with Gasteiger partial charge in [0.2, 0.25) is 0 Å². The van der Waals surface area contributed by atoms with Gasteiger partial charge in [-0.2, -0.15) is 0 Å². The summed E-state index contributed by atoms with van der Waals surface area (Å²) in [6.45, 7) is 0.762. The van der Waals surface area contributed by atoms with Crippen molar-refractivity contribution in [3.8, 4) is 11.4 Å². The summed E-state index contributed by atoms with van der Waals surface area (Å²) >= 11 is 0. The zero-order valence-electron chi connectivity index (χ0n) is 10.6. The molecule has 94 valence electrons. The number of fused-ring (bicyclic) bond motifs is 1. The maximum Gasteiger partial charge on any atom is 0.141 e. The Labute approximate surface area is 107 Å². The van der Waals surface area contributed by atoms with Gasteiger partial charge in [-0.25, -0.2) is 4.98 Å². The number of nitrogens with two attached hydrogens (primary N) is 1. The molecule has 0 aromatic carbocycles. The van der Waals surface area contributed by atoms with Gasteiger partial charge in [-0.1, -0.05) is 0 Å². The van der Waals surface area contributed by atoms with Gasteiger partial charge < -0.3 is 10.3 Å². The van der Waals surface area contributed by atoms with Crippen molar-refractivity contribution in [1.29, 1.82) is 0 Å². The fourth-order valence-electron chi connectivity index (χ4n) is 2.73. The third kappa shape index (κ3) is 1.82. The highest BCUT2D eigenvalue weighted by molar-refractivity contribution is 5.55. The van der Waals surface area contributed by atoms with Crippen molar-refractivity contribution >= 4 is 0 Å². The van der Waals surface area contributed by atoms with Gasteiger partial charge in [-0.3, -0.25) is 4.98 Å². The minimum atomic E-state index is 0.592. The van der Waals surface area contributed by atoms with E-state index in [9.17, 15) is 0 Å². The predicted molar refractivity (Wildman–Crippen MR) is 71.0 cm³/mol. The van der Waals surface area contributed by atoms with E-state index in [1.165, 1.54) is 17.8 Å². The predicted octanol–water partition coefficient (Wildman–Crippen LogP) is 1.55. The summed E-state index contributed by atoms with van der Waals surface area (Å²) in [5.74, 6) is 1.61. The summed E-state index contributed by atoms with van der Waals surface area (Å²) in [4.78, 5) is 8.95. The lowest BCUT2D eigenvalue weighted by molar-refractivity contribution is 0.456. The molecule has 2 aromatic heterocycles. The second-order valence-corrected chi connectivity index (χ2v) is 4.97. The Morgan fingerprint density at radius 2 is 2.39 bits per heavy atom. The normalized spacial score (nSPS) is 18.7. The molecule has 0 radical (unpaired) electrons. The first-order valence-corrected chi connectivity index (χ1v) is 6.44. The van der Waals surface area contributed by atoms with E-state index in [0.29, 0.717) is 5.92 Å². The van der Waals surface area contributed by atoms with Crippen molar-refractivity contribution in [2.75, 3.05) is 6.54 Å². The Kier molecular flexibility index (Phi) is 2.88. The molecule has 1 aliphatic rings. The molecule has 2 N–H and O–H groups in total. The molecule has 1 atom stereocenters. The van der Waals surface area contributed by atoms with Gasteiger partial charge >= 0.3 is 0 Å². The number of imidazole rings is 1. The summed E-state index contributed by atoms with van der Waals surface area (Å²) < 4.78 is 2.21. The van der Waals surface area contributed by atoms with Crippen molar-refractivity contribution in [2.24, 2.45) is 18.7 Å². The third-order valence-electron chi connectivity index (χ3n) is 3.82. The molecule has 0 saturated carbocycles. The third-order valence-corrected chi connectivity index (χ3v) is 3.82. The van der Waals surface area contributed by atoms with Crippen LogP contribution in [0.5, 0.6) is 0 Å². The largest absolute Gasteiger partial charge is 0.331 e. The van der Waals surface area contributed by atoms with Crippen LogP contribution in [0.1, 0.15) is 17.8 Å². The molecule has 1 aliphatic carbocycles. The second-order valence-electron chi connectivity index (χ2n) is 4.97. The molecule has 4 nitrogen and oxygen atoms in total. The highest BCUT2D eigenvalue weighted by Gasteiger charge is 2.23. The van der Waals surface area contributed by atoms with E-state index in [1.54, 1.807) is 6.20 Å². The number of hydrogen-bond donors (Lipinski definition) is 1. The lowest BCUT2D eigenvalue weighted by Gasteiger charge is -2.20. The van der Waals surface area contributed by atoms with Crippen LogP contribution in [0.15, 0.2) is 24.5 Å². The average Bonchev–Trinajstić information content (AvgIpc) is 2.76.